The molecule has 2 rings (SSSR count). The van der Waals surface area contributed by atoms with Crippen LogP contribution in [-0.2, 0) is 16.0 Å². The van der Waals surface area contributed by atoms with Gasteiger partial charge in [-0.1, -0.05) is 35.3 Å². The number of carbonyl (C=O) groups is 2. The molecule has 2 aromatic carbocycles. The lowest BCUT2D eigenvalue weighted by atomic mass is 10.1. The maximum absolute atomic E-state index is 12.1. The lowest BCUT2D eigenvalue weighted by molar-refractivity contribution is -0.132. The second-order valence-corrected chi connectivity index (χ2v) is 6.24. The quantitative estimate of drug-likeness (QED) is 0.841. The van der Waals surface area contributed by atoms with Crippen molar-refractivity contribution < 1.29 is 9.59 Å². The van der Waals surface area contributed by atoms with Crippen LogP contribution in [0, 0.1) is 0 Å². The molecule has 0 radical (unpaired) electrons. The summed E-state index contributed by atoms with van der Waals surface area (Å²) in [4.78, 5) is 25.4. The number of nitrogens with zero attached hydrogens (tertiary/aromatic N) is 1. The lowest BCUT2D eigenvalue weighted by Gasteiger charge is -2.20. The maximum atomic E-state index is 12.1. The first-order valence-corrected chi connectivity index (χ1v) is 8.25. The van der Waals surface area contributed by atoms with Gasteiger partial charge < -0.3 is 10.2 Å². The van der Waals surface area contributed by atoms with Crippen LogP contribution in [-0.4, -0.2) is 29.8 Å². The molecule has 24 heavy (non-hydrogen) atoms. The Labute approximate surface area is 151 Å². The summed E-state index contributed by atoms with van der Waals surface area (Å²) >= 11 is 11.7. The highest BCUT2D eigenvalue weighted by Gasteiger charge is 2.13. The Balaban J connectivity index is 1.90. The molecule has 0 saturated carbocycles. The van der Waals surface area contributed by atoms with Crippen molar-refractivity contribution in [3.8, 4) is 0 Å². The fourth-order valence-electron chi connectivity index (χ4n) is 2.17. The normalized spacial score (nSPS) is 10.3. The largest absolute Gasteiger partial charge is 0.333 e. The standard InChI is InChI=1S/C18H18Cl2N2O2/c1-13(23)22(11-10-14-2-4-15(19)5-3-14)12-18(24)21-17-8-6-16(20)7-9-17/h2-9H,10-12H2,1H3,(H,21,24). The molecule has 0 heterocycles. The van der Waals surface area contributed by atoms with Crippen LogP contribution in [0.5, 0.6) is 0 Å². The Bertz CT molecular complexity index is 700. The molecule has 0 aromatic heterocycles. The average Bonchev–Trinajstić information content (AvgIpc) is 2.55. The maximum Gasteiger partial charge on any atom is 0.243 e. The van der Waals surface area contributed by atoms with Gasteiger partial charge in [-0.15, -0.1) is 0 Å². The molecular formula is C18H18Cl2N2O2. The molecule has 0 fully saturated rings. The van der Waals surface area contributed by atoms with Gasteiger partial charge in [0.05, 0.1) is 6.54 Å². The first kappa shape index (κ1) is 18.3. The molecule has 0 aliphatic carbocycles. The second-order valence-electron chi connectivity index (χ2n) is 5.37. The summed E-state index contributed by atoms with van der Waals surface area (Å²) in [6.07, 6.45) is 0.658. The number of amides is 2. The minimum Gasteiger partial charge on any atom is -0.333 e. The van der Waals surface area contributed by atoms with E-state index in [4.69, 9.17) is 23.2 Å². The van der Waals surface area contributed by atoms with Crippen LogP contribution in [0.3, 0.4) is 0 Å². The molecule has 0 bridgehead atoms. The summed E-state index contributed by atoms with van der Waals surface area (Å²) in [5.74, 6) is -0.390. The Kier molecular flexibility index (Phi) is 6.64. The van der Waals surface area contributed by atoms with E-state index in [1.165, 1.54) is 11.8 Å². The van der Waals surface area contributed by atoms with Gasteiger partial charge in [-0.25, -0.2) is 0 Å². The van der Waals surface area contributed by atoms with Crippen molar-refractivity contribution in [2.75, 3.05) is 18.4 Å². The Morgan fingerprint density at radius 1 is 0.958 bits per heavy atom. The molecule has 2 aromatic rings. The molecule has 0 unspecified atom stereocenters. The van der Waals surface area contributed by atoms with Crippen molar-refractivity contribution in [1.82, 2.24) is 4.90 Å². The molecule has 0 spiro atoms. The average molecular weight is 365 g/mol. The van der Waals surface area contributed by atoms with Gasteiger partial charge >= 0.3 is 0 Å². The van der Waals surface area contributed by atoms with E-state index in [1.54, 1.807) is 24.3 Å². The summed E-state index contributed by atoms with van der Waals surface area (Å²) in [5, 5.41) is 4.02. The van der Waals surface area contributed by atoms with E-state index in [0.29, 0.717) is 28.7 Å². The van der Waals surface area contributed by atoms with Gasteiger partial charge in [0.15, 0.2) is 0 Å². The Morgan fingerprint density at radius 3 is 2.04 bits per heavy atom. The zero-order valence-corrected chi connectivity index (χ0v) is 14.8. The van der Waals surface area contributed by atoms with Crippen LogP contribution >= 0.6 is 23.2 Å². The van der Waals surface area contributed by atoms with Gasteiger partial charge in [0.1, 0.15) is 0 Å². The predicted molar refractivity (Wildman–Crippen MR) is 97.5 cm³/mol. The fourth-order valence-corrected chi connectivity index (χ4v) is 2.42. The third-order valence-electron chi connectivity index (χ3n) is 3.49. The van der Waals surface area contributed by atoms with E-state index in [-0.39, 0.29) is 18.4 Å². The SMILES string of the molecule is CC(=O)N(CCc1ccc(Cl)cc1)CC(=O)Nc1ccc(Cl)cc1. The number of hydrogen-bond acceptors (Lipinski definition) is 2. The van der Waals surface area contributed by atoms with Crippen molar-refractivity contribution in [1.29, 1.82) is 0 Å². The zero-order valence-electron chi connectivity index (χ0n) is 13.3. The highest BCUT2D eigenvalue weighted by molar-refractivity contribution is 6.30. The van der Waals surface area contributed by atoms with E-state index < -0.39 is 0 Å². The van der Waals surface area contributed by atoms with E-state index in [2.05, 4.69) is 5.32 Å². The second kappa shape index (κ2) is 8.71. The van der Waals surface area contributed by atoms with E-state index >= 15 is 0 Å². The highest BCUT2D eigenvalue weighted by Crippen LogP contribution is 2.13. The third-order valence-corrected chi connectivity index (χ3v) is 4.00. The minimum absolute atomic E-state index is 0.00551. The monoisotopic (exact) mass is 364 g/mol. The molecule has 0 saturated heterocycles. The first-order valence-electron chi connectivity index (χ1n) is 7.49. The molecule has 4 nitrogen and oxygen atoms in total. The third kappa shape index (κ3) is 5.87. The summed E-state index contributed by atoms with van der Waals surface area (Å²) in [5.41, 5.74) is 1.70. The van der Waals surface area contributed by atoms with Gasteiger partial charge in [0.25, 0.3) is 0 Å². The van der Waals surface area contributed by atoms with Crippen LogP contribution < -0.4 is 5.32 Å². The minimum atomic E-state index is -0.247. The summed E-state index contributed by atoms with van der Waals surface area (Å²) in [7, 11) is 0. The number of halogens is 2. The van der Waals surface area contributed by atoms with Gasteiger partial charge in [0.2, 0.25) is 11.8 Å². The molecule has 6 heteroatoms. The van der Waals surface area contributed by atoms with Crippen LogP contribution in [0.2, 0.25) is 10.0 Å². The summed E-state index contributed by atoms with van der Waals surface area (Å²) in [6.45, 7) is 1.92. The van der Waals surface area contributed by atoms with Gasteiger partial charge in [-0.3, -0.25) is 9.59 Å². The van der Waals surface area contributed by atoms with E-state index in [0.717, 1.165) is 5.56 Å². The van der Waals surface area contributed by atoms with Gasteiger partial charge in [-0.05, 0) is 48.4 Å². The van der Waals surface area contributed by atoms with Crippen LogP contribution in [0.15, 0.2) is 48.5 Å². The van der Waals surface area contributed by atoms with Gasteiger partial charge in [0, 0.05) is 29.2 Å². The van der Waals surface area contributed by atoms with Crippen LogP contribution in [0.1, 0.15) is 12.5 Å². The topological polar surface area (TPSA) is 49.4 Å². The van der Waals surface area contributed by atoms with Gasteiger partial charge in [-0.2, -0.15) is 0 Å². The molecular weight excluding hydrogens is 347 g/mol. The van der Waals surface area contributed by atoms with Crippen LogP contribution in [0.4, 0.5) is 5.69 Å². The Morgan fingerprint density at radius 2 is 1.50 bits per heavy atom. The van der Waals surface area contributed by atoms with Crippen molar-refractivity contribution in [3.63, 3.8) is 0 Å². The fraction of sp³-hybridized carbons (Fsp3) is 0.222. The zero-order chi connectivity index (χ0) is 17.5. The smallest absolute Gasteiger partial charge is 0.243 e. The first-order chi connectivity index (χ1) is 11.4. The molecule has 0 atom stereocenters. The lowest BCUT2D eigenvalue weighted by Crippen LogP contribution is -2.37. The summed E-state index contributed by atoms with van der Waals surface area (Å²) in [6, 6.07) is 14.3. The van der Waals surface area contributed by atoms with Crippen molar-refractivity contribution in [2.45, 2.75) is 13.3 Å². The number of hydrogen-bond donors (Lipinski definition) is 1. The van der Waals surface area contributed by atoms with Crippen LogP contribution in [0.25, 0.3) is 0 Å². The predicted octanol–water partition coefficient (Wildman–Crippen LogP) is 4.02. The molecule has 126 valence electrons. The number of nitrogens with one attached hydrogen (secondary N) is 1. The summed E-state index contributed by atoms with van der Waals surface area (Å²) < 4.78 is 0. The molecule has 1 N–H and O–H groups in total. The van der Waals surface area contributed by atoms with E-state index in [1.807, 2.05) is 24.3 Å². The van der Waals surface area contributed by atoms with E-state index in [9.17, 15) is 9.59 Å². The molecule has 0 aliphatic rings. The Hall–Kier alpha value is -2.04. The number of carbonyl (C=O) groups excluding carboxylic acids is 2. The molecule has 2 amide bonds. The number of rotatable bonds is 6. The number of benzene rings is 2. The van der Waals surface area contributed by atoms with Crippen molar-refractivity contribution in [3.05, 3.63) is 64.1 Å². The highest BCUT2D eigenvalue weighted by atomic mass is 35.5. The molecule has 0 aliphatic heterocycles. The van der Waals surface area contributed by atoms with Crippen molar-refractivity contribution >= 4 is 40.7 Å². The number of anilines is 1. The van der Waals surface area contributed by atoms with Crippen molar-refractivity contribution in [2.24, 2.45) is 0 Å².